The number of carbonyl (C=O) groups excluding carboxylic acids is 2. The summed E-state index contributed by atoms with van der Waals surface area (Å²) in [4.78, 5) is 30.8. The van der Waals surface area contributed by atoms with Crippen LogP contribution in [0.2, 0.25) is 0 Å². The average Bonchev–Trinajstić information content (AvgIpc) is 3.41. The lowest BCUT2D eigenvalue weighted by molar-refractivity contribution is -0.154. The summed E-state index contributed by atoms with van der Waals surface area (Å²) in [6, 6.07) is -0.658. The van der Waals surface area contributed by atoms with Gasteiger partial charge in [0.25, 0.3) is 10.2 Å². The predicted octanol–water partition coefficient (Wildman–Crippen LogP) is 2.84. The number of fused-ring (bicyclic) bond motifs is 1. The number of nitrogens with one attached hydrogen (secondary N) is 1. The number of aryl methyl sites for hydroxylation is 1. The molecule has 39 heavy (non-hydrogen) atoms. The van der Waals surface area contributed by atoms with Crippen LogP contribution in [-0.4, -0.2) is 77.1 Å². The first kappa shape index (κ1) is 31.8. The van der Waals surface area contributed by atoms with E-state index in [2.05, 4.69) is 9.71 Å². The number of hydrogen-bond donors (Lipinski definition) is 3. The largest absolute Gasteiger partial charge is 0.458 e. The molecule has 3 N–H and O–H groups in total. The van der Waals surface area contributed by atoms with Crippen molar-refractivity contribution < 1.29 is 33.0 Å². The Kier molecular flexibility index (Phi) is 10.2. The summed E-state index contributed by atoms with van der Waals surface area (Å²) in [5, 5.41) is 24.6. The van der Waals surface area contributed by atoms with Gasteiger partial charge in [-0.1, -0.05) is 34.1 Å². The van der Waals surface area contributed by atoms with Crippen LogP contribution < -0.4 is 4.72 Å². The molecule has 3 heterocycles. The zero-order chi connectivity index (χ0) is 29.3. The van der Waals surface area contributed by atoms with Crippen LogP contribution in [-0.2, 0) is 24.5 Å². The summed E-state index contributed by atoms with van der Waals surface area (Å²) < 4.78 is 35.2. The number of aliphatic hydroxyl groups is 2. The summed E-state index contributed by atoms with van der Waals surface area (Å²) in [5.41, 5.74) is 0.143. The fourth-order valence-electron chi connectivity index (χ4n) is 5.51. The third-order valence-corrected chi connectivity index (χ3v) is 10.7. The van der Waals surface area contributed by atoms with Gasteiger partial charge in [-0.3, -0.25) is 9.59 Å². The van der Waals surface area contributed by atoms with Crippen molar-refractivity contribution >= 4 is 39.4 Å². The van der Waals surface area contributed by atoms with E-state index in [1.807, 2.05) is 32.2 Å². The number of rotatable bonds is 4. The molecule has 0 aromatic carbocycles. The summed E-state index contributed by atoms with van der Waals surface area (Å²) >= 11 is 1.49. The summed E-state index contributed by atoms with van der Waals surface area (Å²) in [6.45, 7) is 10.4. The van der Waals surface area contributed by atoms with E-state index in [1.165, 1.54) is 22.7 Å². The quantitative estimate of drug-likeness (QED) is 0.361. The Morgan fingerprint density at radius 3 is 2.49 bits per heavy atom. The maximum absolute atomic E-state index is 13.3. The second-order valence-electron chi connectivity index (χ2n) is 11.6. The number of hydrogen-bond acceptors (Lipinski definition) is 9. The van der Waals surface area contributed by atoms with Crippen molar-refractivity contribution in [3.8, 4) is 0 Å². The Morgan fingerprint density at radius 2 is 1.90 bits per heavy atom. The zero-order valence-corrected chi connectivity index (χ0v) is 25.5. The van der Waals surface area contributed by atoms with Crippen molar-refractivity contribution in [2.24, 2.45) is 17.3 Å². The number of ether oxygens (including phenoxy) is 1. The molecule has 220 valence electrons. The van der Waals surface area contributed by atoms with Gasteiger partial charge in [-0.05, 0) is 44.3 Å². The van der Waals surface area contributed by atoms with Crippen LogP contribution in [0.5, 0.6) is 0 Å². The topological polar surface area (TPSA) is 146 Å². The van der Waals surface area contributed by atoms with Gasteiger partial charge in [0.1, 0.15) is 11.9 Å². The molecule has 12 heteroatoms. The van der Waals surface area contributed by atoms with E-state index in [-0.39, 0.29) is 30.2 Å². The molecule has 0 saturated carbocycles. The number of cyclic esters (lactones) is 1. The molecule has 0 aliphatic carbocycles. The van der Waals surface area contributed by atoms with Crippen molar-refractivity contribution in [2.75, 3.05) is 7.05 Å². The number of carbonyl (C=O) groups is 2. The number of ketones is 1. The zero-order valence-electron chi connectivity index (χ0n) is 23.9. The molecule has 1 aromatic heterocycles. The highest BCUT2D eigenvalue weighted by Gasteiger charge is 2.55. The third kappa shape index (κ3) is 7.34. The monoisotopic (exact) mass is 585 g/mol. The van der Waals surface area contributed by atoms with Crippen LogP contribution in [0.1, 0.15) is 77.4 Å². The number of aliphatic hydroxyl groups excluding tert-OH is 2. The molecule has 8 atom stereocenters. The molecule has 0 spiro atoms. The van der Waals surface area contributed by atoms with Crippen molar-refractivity contribution in [2.45, 2.75) is 104 Å². The number of Topliss-reactive ketones (excluding diaryl/α,β-unsaturated/α-hetero) is 1. The number of aromatic nitrogens is 1. The Labute approximate surface area is 236 Å². The first-order valence-corrected chi connectivity index (χ1v) is 15.8. The second-order valence-corrected chi connectivity index (χ2v) is 14.4. The molecule has 2 aliphatic rings. The van der Waals surface area contributed by atoms with Crippen LogP contribution >= 0.6 is 11.3 Å². The van der Waals surface area contributed by atoms with Crippen LogP contribution in [0.4, 0.5) is 0 Å². The molecular weight excluding hydrogens is 542 g/mol. The fourth-order valence-corrected chi connectivity index (χ4v) is 7.42. The van der Waals surface area contributed by atoms with Gasteiger partial charge in [-0.2, -0.15) is 12.7 Å². The molecule has 2 fully saturated rings. The molecule has 3 rings (SSSR count). The molecule has 1 aromatic rings. The Balaban J connectivity index is 1.95. The maximum atomic E-state index is 13.3. The minimum absolute atomic E-state index is 0.208. The van der Waals surface area contributed by atoms with E-state index in [9.17, 15) is 28.2 Å². The van der Waals surface area contributed by atoms with Crippen LogP contribution in [0, 0.1) is 24.2 Å². The van der Waals surface area contributed by atoms with E-state index in [4.69, 9.17) is 4.74 Å². The highest BCUT2D eigenvalue weighted by Crippen LogP contribution is 2.41. The van der Waals surface area contributed by atoms with Crippen LogP contribution in [0.25, 0.3) is 6.08 Å². The Morgan fingerprint density at radius 1 is 1.23 bits per heavy atom. The molecule has 0 radical (unpaired) electrons. The first-order valence-electron chi connectivity index (χ1n) is 13.5. The molecular formula is C27H43N3O7S2. The van der Waals surface area contributed by atoms with Gasteiger partial charge in [0.15, 0.2) is 0 Å². The number of nitrogens with zero attached hydrogens (tertiary/aromatic N) is 2. The van der Waals surface area contributed by atoms with E-state index in [0.717, 1.165) is 10.7 Å². The van der Waals surface area contributed by atoms with Gasteiger partial charge in [0.05, 0.1) is 34.7 Å². The lowest BCUT2D eigenvalue weighted by Gasteiger charge is -2.34. The summed E-state index contributed by atoms with van der Waals surface area (Å²) in [5.74, 6) is -1.97. The number of esters is 1. The average molecular weight is 586 g/mol. The highest BCUT2D eigenvalue weighted by atomic mass is 32.2. The van der Waals surface area contributed by atoms with Crippen LogP contribution in [0.3, 0.4) is 0 Å². The van der Waals surface area contributed by atoms with Crippen molar-refractivity contribution in [1.29, 1.82) is 0 Å². The van der Waals surface area contributed by atoms with E-state index in [0.29, 0.717) is 24.8 Å². The van der Waals surface area contributed by atoms with Gasteiger partial charge in [0, 0.05) is 36.9 Å². The smallest absolute Gasteiger partial charge is 0.309 e. The Bertz CT molecular complexity index is 1180. The number of thiazole rings is 1. The third-order valence-electron chi connectivity index (χ3n) is 8.29. The van der Waals surface area contributed by atoms with Crippen molar-refractivity contribution in [1.82, 2.24) is 14.0 Å². The minimum atomic E-state index is -3.71. The summed E-state index contributed by atoms with van der Waals surface area (Å²) in [7, 11) is -2.35. The normalized spacial score (nSPS) is 35.3. The lowest BCUT2D eigenvalue weighted by Crippen LogP contribution is -2.45. The van der Waals surface area contributed by atoms with E-state index in [1.54, 1.807) is 20.8 Å². The molecule has 0 bridgehead atoms. The highest BCUT2D eigenvalue weighted by molar-refractivity contribution is 7.87. The van der Waals surface area contributed by atoms with Gasteiger partial charge in [-0.15, -0.1) is 11.3 Å². The maximum Gasteiger partial charge on any atom is 0.309 e. The van der Waals surface area contributed by atoms with Gasteiger partial charge in [0.2, 0.25) is 0 Å². The summed E-state index contributed by atoms with van der Waals surface area (Å²) in [6.07, 6.45) is 0.492. The standard InChI is InChI=1S/C27H43N3O7S2/c1-15-9-8-10-20-21(30(20)39(35,36)28-7)12-22(16(2)11-19-14-38-18(4)29-19)37-24(32)13-23(31)27(5,6)26(34)17(3)25(15)33/h11,14-15,17,20-23,25,28,31,33H,8-10,12-13H2,1-7H3/t15?,17-,20?,21+,22+,23+,25+,30?/m1/s1. The van der Waals surface area contributed by atoms with Gasteiger partial charge < -0.3 is 14.9 Å². The second kappa shape index (κ2) is 12.4. The van der Waals surface area contributed by atoms with Crippen molar-refractivity contribution in [3.63, 3.8) is 0 Å². The van der Waals surface area contributed by atoms with Crippen LogP contribution in [0.15, 0.2) is 11.0 Å². The van der Waals surface area contributed by atoms with Gasteiger partial charge >= 0.3 is 5.97 Å². The lowest BCUT2D eigenvalue weighted by atomic mass is 9.73. The van der Waals surface area contributed by atoms with E-state index >= 15 is 0 Å². The minimum Gasteiger partial charge on any atom is -0.458 e. The molecule has 2 aliphatic heterocycles. The predicted molar refractivity (Wildman–Crippen MR) is 150 cm³/mol. The first-order chi connectivity index (χ1) is 18.1. The van der Waals surface area contributed by atoms with Gasteiger partial charge in [-0.25, -0.2) is 9.71 Å². The fraction of sp³-hybridized carbons (Fsp3) is 0.741. The SMILES string of the molecule is CNS(=O)(=O)N1C2CCCC(C)[C@H](O)[C@@H](C)C(=O)C(C)(C)[C@@H](O)CC(=O)O[C@H](C(C)=Cc3csc(C)n3)C[C@@H]21. The van der Waals surface area contributed by atoms with Crippen molar-refractivity contribution in [3.05, 3.63) is 21.7 Å². The molecule has 0 amide bonds. The molecule has 2 saturated heterocycles. The molecule has 10 nitrogen and oxygen atoms in total. The Hall–Kier alpha value is -1.70. The van der Waals surface area contributed by atoms with E-state index < -0.39 is 52.2 Å². The molecule has 3 unspecified atom stereocenters.